The Hall–Kier alpha value is -2.19. The third-order valence-electron chi connectivity index (χ3n) is 4.98. The van der Waals surface area contributed by atoms with Crippen LogP contribution in [-0.2, 0) is 14.3 Å². The fourth-order valence-electron chi connectivity index (χ4n) is 3.43. The molecule has 2 heterocycles. The highest BCUT2D eigenvalue weighted by atomic mass is 16.5. The Balaban J connectivity index is 2.10. The summed E-state index contributed by atoms with van der Waals surface area (Å²) in [6, 6.07) is 0. The number of esters is 1. The van der Waals surface area contributed by atoms with Crippen LogP contribution in [0.1, 0.15) is 52.4 Å². The van der Waals surface area contributed by atoms with Crippen molar-refractivity contribution in [2.24, 2.45) is 0 Å². The Morgan fingerprint density at radius 1 is 1.18 bits per heavy atom. The summed E-state index contributed by atoms with van der Waals surface area (Å²) in [4.78, 5) is 44.2. The topological polar surface area (TPSA) is 91.9 Å². The Labute approximate surface area is 166 Å². The molecule has 0 radical (unpaired) electrons. The average molecular weight is 393 g/mol. The minimum Gasteiger partial charge on any atom is -0.461 e. The Bertz CT molecular complexity index is 707. The predicted molar refractivity (Wildman–Crippen MR) is 105 cm³/mol. The van der Waals surface area contributed by atoms with E-state index in [-0.39, 0.29) is 24.8 Å². The molecule has 1 aliphatic heterocycles. The molecule has 1 fully saturated rings. The molecule has 8 heteroatoms. The number of ketones is 1. The quantitative estimate of drug-likeness (QED) is 0.506. The van der Waals surface area contributed by atoms with E-state index < -0.39 is 5.97 Å². The van der Waals surface area contributed by atoms with E-state index in [0.717, 1.165) is 13.1 Å². The number of nitrogens with one attached hydrogen (secondary N) is 1. The highest BCUT2D eigenvalue weighted by Gasteiger charge is 2.25. The van der Waals surface area contributed by atoms with Crippen LogP contribution in [0.3, 0.4) is 0 Å². The fraction of sp³-hybridized carbons (Fsp3) is 0.650. The van der Waals surface area contributed by atoms with Crippen LogP contribution in [0.4, 0.5) is 0 Å². The van der Waals surface area contributed by atoms with Gasteiger partial charge in [0, 0.05) is 43.9 Å². The molecule has 0 spiro atoms. The molecule has 0 aromatic carbocycles. The number of aromatic amines is 1. The fourth-order valence-corrected chi connectivity index (χ4v) is 3.43. The summed E-state index contributed by atoms with van der Waals surface area (Å²) in [5, 5.41) is 0. The minimum atomic E-state index is -0.476. The van der Waals surface area contributed by atoms with Crippen LogP contribution in [-0.4, -0.2) is 85.0 Å². The second-order valence-corrected chi connectivity index (χ2v) is 6.89. The van der Waals surface area contributed by atoms with Crippen molar-refractivity contribution in [1.29, 1.82) is 0 Å². The molecule has 0 aliphatic carbocycles. The number of rotatable bonds is 9. The highest BCUT2D eigenvalue weighted by Crippen LogP contribution is 2.20. The lowest BCUT2D eigenvalue weighted by molar-refractivity contribution is -0.130. The SMILES string of the molecule is CCOC(=O)c1[nH]c(C)c(C(=O)CN(CCN2CCOCC2)C(=O)CC)c1C. The summed E-state index contributed by atoms with van der Waals surface area (Å²) in [5.41, 5.74) is 1.94. The monoisotopic (exact) mass is 393 g/mol. The molecular weight excluding hydrogens is 362 g/mol. The van der Waals surface area contributed by atoms with Crippen molar-refractivity contribution in [3.05, 3.63) is 22.5 Å². The van der Waals surface area contributed by atoms with Crippen molar-refractivity contribution >= 4 is 17.7 Å². The molecule has 1 amide bonds. The molecule has 8 nitrogen and oxygen atoms in total. The molecule has 0 bridgehead atoms. The van der Waals surface area contributed by atoms with E-state index >= 15 is 0 Å². The van der Waals surface area contributed by atoms with Gasteiger partial charge in [-0.2, -0.15) is 0 Å². The zero-order valence-electron chi connectivity index (χ0n) is 17.3. The molecule has 156 valence electrons. The standard InChI is InChI=1S/C20H31N3O5/c1-5-17(25)23(8-7-22-9-11-27-12-10-22)13-16(24)18-14(3)19(21-15(18)4)20(26)28-6-2/h21H,5-13H2,1-4H3. The molecule has 1 aromatic rings. The number of carbonyl (C=O) groups excluding carboxylic acids is 3. The van der Waals surface area contributed by atoms with Gasteiger partial charge in [-0.1, -0.05) is 6.92 Å². The van der Waals surface area contributed by atoms with Gasteiger partial charge in [-0.3, -0.25) is 14.5 Å². The number of hydrogen-bond acceptors (Lipinski definition) is 6. The Morgan fingerprint density at radius 3 is 2.46 bits per heavy atom. The van der Waals surface area contributed by atoms with Crippen LogP contribution in [0, 0.1) is 13.8 Å². The van der Waals surface area contributed by atoms with E-state index in [1.165, 1.54) is 0 Å². The number of morpholine rings is 1. The van der Waals surface area contributed by atoms with E-state index in [9.17, 15) is 14.4 Å². The van der Waals surface area contributed by atoms with Gasteiger partial charge in [0.05, 0.1) is 26.4 Å². The van der Waals surface area contributed by atoms with Gasteiger partial charge in [-0.25, -0.2) is 4.79 Å². The number of nitrogens with zero attached hydrogens (tertiary/aromatic N) is 2. The zero-order chi connectivity index (χ0) is 20.7. The summed E-state index contributed by atoms with van der Waals surface area (Å²) < 4.78 is 10.4. The van der Waals surface area contributed by atoms with Crippen molar-refractivity contribution < 1.29 is 23.9 Å². The van der Waals surface area contributed by atoms with E-state index in [1.807, 2.05) is 0 Å². The number of aromatic nitrogens is 1. The maximum Gasteiger partial charge on any atom is 0.355 e. The number of Topliss-reactive ketones (excluding diaryl/α,β-unsaturated/α-hetero) is 1. The number of H-pyrrole nitrogens is 1. The van der Waals surface area contributed by atoms with Crippen molar-refractivity contribution in [1.82, 2.24) is 14.8 Å². The zero-order valence-corrected chi connectivity index (χ0v) is 17.3. The molecular formula is C20H31N3O5. The Morgan fingerprint density at radius 2 is 1.86 bits per heavy atom. The first-order valence-electron chi connectivity index (χ1n) is 9.86. The smallest absolute Gasteiger partial charge is 0.355 e. The van der Waals surface area contributed by atoms with E-state index in [0.29, 0.717) is 55.2 Å². The van der Waals surface area contributed by atoms with Gasteiger partial charge < -0.3 is 19.4 Å². The molecule has 1 aliphatic rings. The maximum absolute atomic E-state index is 13.0. The largest absolute Gasteiger partial charge is 0.461 e. The lowest BCUT2D eigenvalue weighted by Crippen LogP contribution is -2.44. The second kappa shape index (κ2) is 10.4. The summed E-state index contributed by atoms with van der Waals surface area (Å²) in [6.07, 6.45) is 0.343. The van der Waals surface area contributed by atoms with Crippen LogP contribution in [0.25, 0.3) is 0 Å². The first-order chi connectivity index (χ1) is 13.4. The molecule has 0 atom stereocenters. The number of ether oxygens (including phenoxy) is 2. The van der Waals surface area contributed by atoms with Gasteiger partial charge in [-0.15, -0.1) is 0 Å². The Kier molecular flexibility index (Phi) is 8.19. The number of carbonyl (C=O) groups is 3. The van der Waals surface area contributed by atoms with Crippen LogP contribution >= 0.6 is 0 Å². The van der Waals surface area contributed by atoms with Crippen LogP contribution in [0.15, 0.2) is 0 Å². The molecule has 1 N–H and O–H groups in total. The maximum atomic E-state index is 13.0. The first kappa shape index (κ1) is 22.1. The van der Waals surface area contributed by atoms with Gasteiger partial charge in [0.2, 0.25) is 5.91 Å². The van der Waals surface area contributed by atoms with Crippen molar-refractivity contribution in [3.8, 4) is 0 Å². The summed E-state index contributed by atoms with van der Waals surface area (Å²) >= 11 is 0. The first-order valence-corrected chi connectivity index (χ1v) is 9.86. The third kappa shape index (κ3) is 5.42. The predicted octanol–water partition coefficient (Wildman–Crippen LogP) is 1.56. The van der Waals surface area contributed by atoms with Gasteiger partial charge in [-0.05, 0) is 26.3 Å². The number of aryl methyl sites for hydroxylation is 1. The second-order valence-electron chi connectivity index (χ2n) is 6.89. The van der Waals surface area contributed by atoms with Gasteiger partial charge >= 0.3 is 5.97 Å². The van der Waals surface area contributed by atoms with Gasteiger partial charge in [0.25, 0.3) is 0 Å². The van der Waals surface area contributed by atoms with Crippen LogP contribution in [0.2, 0.25) is 0 Å². The highest BCUT2D eigenvalue weighted by molar-refractivity contribution is 6.04. The third-order valence-corrected chi connectivity index (χ3v) is 4.98. The average Bonchev–Trinajstić information content (AvgIpc) is 2.99. The van der Waals surface area contributed by atoms with Crippen LogP contribution in [0.5, 0.6) is 0 Å². The molecule has 1 saturated heterocycles. The summed E-state index contributed by atoms with van der Waals surface area (Å²) in [6.45, 7) is 11.5. The summed E-state index contributed by atoms with van der Waals surface area (Å²) in [5.74, 6) is -0.709. The van der Waals surface area contributed by atoms with Crippen molar-refractivity contribution in [2.45, 2.75) is 34.1 Å². The molecule has 28 heavy (non-hydrogen) atoms. The van der Waals surface area contributed by atoms with Gasteiger partial charge in [0.15, 0.2) is 5.78 Å². The lowest BCUT2D eigenvalue weighted by atomic mass is 10.0. The number of amides is 1. The molecule has 1 aromatic heterocycles. The van der Waals surface area contributed by atoms with Crippen LogP contribution < -0.4 is 0 Å². The normalized spacial score (nSPS) is 14.7. The molecule has 2 rings (SSSR count). The van der Waals surface area contributed by atoms with Crippen molar-refractivity contribution in [3.63, 3.8) is 0 Å². The molecule has 0 saturated carbocycles. The molecule has 0 unspecified atom stereocenters. The van der Waals surface area contributed by atoms with Crippen molar-refractivity contribution in [2.75, 3.05) is 52.5 Å². The lowest BCUT2D eigenvalue weighted by Gasteiger charge is -2.29. The number of hydrogen-bond donors (Lipinski definition) is 1. The van der Waals surface area contributed by atoms with E-state index in [1.54, 1.807) is 32.6 Å². The summed E-state index contributed by atoms with van der Waals surface area (Å²) in [7, 11) is 0. The van der Waals surface area contributed by atoms with E-state index in [4.69, 9.17) is 9.47 Å². The van der Waals surface area contributed by atoms with E-state index in [2.05, 4.69) is 9.88 Å². The van der Waals surface area contributed by atoms with Gasteiger partial charge in [0.1, 0.15) is 5.69 Å². The minimum absolute atomic E-state index is 0.00118.